The van der Waals surface area contributed by atoms with Crippen LogP contribution in [0, 0.1) is 5.82 Å². The summed E-state index contributed by atoms with van der Waals surface area (Å²) < 4.78 is 19.1. The number of aryl methyl sites for hydroxylation is 1. The molecule has 3 aromatic rings. The van der Waals surface area contributed by atoms with E-state index in [0.717, 1.165) is 5.56 Å². The van der Waals surface area contributed by atoms with Crippen LogP contribution in [0.4, 0.5) is 4.39 Å². The zero-order chi connectivity index (χ0) is 16.8. The average molecular weight is 323 g/mol. The molecule has 0 bridgehead atoms. The second-order valence-corrected chi connectivity index (χ2v) is 5.52. The molecular formula is C20H18FNO2. The van der Waals surface area contributed by atoms with Gasteiger partial charge in [-0.25, -0.2) is 4.39 Å². The van der Waals surface area contributed by atoms with Crippen molar-refractivity contribution < 1.29 is 13.6 Å². The molecule has 122 valence electrons. The van der Waals surface area contributed by atoms with E-state index in [1.807, 2.05) is 36.4 Å². The number of halogens is 1. The molecule has 1 heterocycles. The number of hydrogen-bond acceptors (Lipinski definition) is 2. The van der Waals surface area contributed by atoms with E-state index in [1.54, 1.807) is 30.5 Å². The topological polar surface area (TPSA) is 42.2 Å². The first-order chi connectivity index (χ1) is 11.7. The average Bonchev–Trinajstić information content (AvgIpc) is 3.14. The second-order valence-electron chi connectivity index (χ2n) is 5.52. The number of nitrogens with one attached hydrogen (secondary N) is 1. The predicted molar refractivity (Wildman–Crippen MR) is 89.9 cm³/mol. The van der Waals surface area contributed by atoms with Crippen LogP contribution in [0.1, 0.15) is 29.3 Å². The minimum absolute atomic E-state index is 0.150. The van der Waals surface area contributed by atoms with E-state index in [9.17, 15) is 9.18 Å². The number of rotatable bonds is 6. The van der Waals surface area contributed by atoms with Gasteiger partial charge in [0, 0.05) is 6.42 Å². The number of hydrogen-bond donors (Lipinski definition) is 1. The maximum atomic E-state index is 13.6. The molecule has 1 aromatic heterocycles. The van der Waals surface area contributed by atoms with Gasteiger partial charge < -0.3 is 9.73 Å². The molecule has 24 heavy (non-hydrogen) atoms. The lowest BCUT2D eigenvalue weighted by Crippen LogP contribution is -2.29. The molecule has 0 aliphatic heterocycles. The van der Waals surface area contributed by atoms with Crippen LogP contribution >= 0.6 is 0 Å². The molecule has 0 saturated heterocycles. The third kappa shape index (κ3) is 3.90. The summed E-state index contributed by atoms with van der Waals surface area (Å²) in [4.78, 5) is 12.3. The molecule has 0 fully saturated rings. The van der Waals surface area contributed by atoms with E-state index in [1.165, 1.54) is 6.07 Å². The monoisotopic (exact) mass is 323 g/mol. The Bertz CT molecular complexity index is 784. The Kier molecular flexibility index (Phi) is 5.06. The van der Waals surface area contributed by atoms with E-state index in [-0.39, 0.29) is 24.2 Å². The first-order valence-corrected chi connectivity index (χ1v) is 7.85. The van der Waals surface area contributed by atoms with Crippen molar-refractivity contribution in [3.63, 3.8) is 0 Å². The quantitative estimate of drug-likeness (QED) is 0.736. The fourth-order valence-electron chi connectivity index (χ4n) is 2.60. The minimum Gasteiger partial charge on any atom is -0.467 e. The maximum Gasteiger partial charge on any atom is 0.221 e. The molecule has 0 spiro atoms. The summed E-state index contributed by atoms with van der Waals surface area (Å²) >= 11 is 0. The number of amides is 1. The summed E-state index contributed by atoms with van der Waals surface area (Å²) in [7, 11) is 0. The van der Waals surface area contributed by atoms with Gasteiger partial charge in [0.15, 0.2) is 0 Å². The molecule has 4 heteroatoms. The van der Waals surface area contributed by atoms with Crippen LogP contribution in [0.25, 0.3) is 0 Å². The summed E-state index contributed by atoms with van der Waals surface area (Å²) in [6.07, 6.45) is 2.15. The number of furan rings is 1. The van der Waals surface area contributed by atoms with E-state index >= 15 is 0 Å². The van der Waals surface area contributed by atoms with Crippen LogP contribution in [-0.4, -0.2) is 5.91 Å². The van der Waals surface area contributed by atoms with Crippen molar-refractivity contribution in [1.29, 1.82) is 0 Å². The van der Waals surface area contributed by atoms with Crippen LogP contribution in [0.15, 0.2) is 77.4 Å². The summed E-state index contributed by atoms with van der Waals surface area (Å²) in [5, 5.41) is 2.97. The zero-order valence-corrected chi connectivity index (χ0v) is 13.1. The van der Waals surface area contributed by atoms with Crippen molar-refractivity contribution in [2.75, 3.05) is 0 Å². The molecule has 1 N–H and O–H groups in total. The molecule has 3 rings (SSSR count). The van der Waals surface area contributed by atoms with Crippen molar-refractivity contribution in [2.45, 2.75) is 18.9 Å². The molecule has 1 atom stereocenters. The lowest BCUT2D eigenvalue weighted by atomic mass is 10.0. The fourth-order valence-corrected chi connectivity index (χ4v) is 2.60. The van der Waals surface area contributed by atoms with Crippen LogP contribution < -0.4 is 5.32 Å². The van der Waals surface area contributed by atoms with Crippen molar-refractivity contribution in [2.24, 2.45) is 0 Å². The standard InChI is InChI=1S/C20H18FNO2/c21-17-10-5-4-7-15(17)12-13-19(23)22-20(18-11-6-14-24-18)16-8-2-1-3-9-16/h1-11,14,20H,12-13H2,(H,22,23). The predicted octanol–water partition coefficient (Wildman–Crippen LogP) is 4.26. The summed E-state index contributed by atoms with van der Waals surface area (Å²) in [5.41, 5.74) is 1.48. The first-order valence-electron chi connectivity index (χ1n) is 7.85. The van der Waals surface area contributed by atoms with Gasteiger partial charge in [0.2, 0.25) is 5.91 Å². The molecule has 0 aliphatic carbocycles. The number of carbonyl (C=O) groups is 1. The molecule has 2 aromatic carbocycles. The molecule has 0 saturated carbocycles. The van der Waals surface area contributed by atoms with Gasteiger partial charge in [-0.1, -0.05) is 48.5 Å². The Morgan fingerprint density at radius 2 is 1.75 bits per heavy atom. The first kappa shape index (κ1) is 16.0. The second kappa shape index (κ2) is 7.59. The van der Waals surface area contributed by atoms with E-state index in [0.29, 0.717) is 17.7 Å². The van der Waals surface area contributed by atoms with E-state index in [4.69, 9.17) is 4.42 Å². The lowest BCUT2D eigenvalue weighted by molar-refractivity contribution is -0.121. The highest BCUT2D eigenvalue weighted by atomic mass is 19.1. The highest BCUT2D eigenvalue weighted by Gasteiger charge is 2.19. The Morgan fingerprint density at radius 3 is 2.46 bits per heavy atom. The van der Waals surface area contributed by atoms with Gasteiger partial charge in [-0.2, -0.15) is 0 Å². The van der Waals surface area contributed by atoms with Gasteiger partial charge in [-0.05, 0) is 35.7 Å². The fraction of sp³-hybridized carbons (Fsp3) is 0.150. The van der Waals surface area contributed by atoms with Crippen LogP contribution in [0.2, 0.25) is 0 Å². The Labute approximate surface area is 140 Å². The Balaban J connectivity index is 1.69. The molecule has 0 radical (unpaired) electrons. The molecule has 3 nitrogen and oxygen atoms in total. The Hall–Kier alpha value is -2.88. The van der Waals surface area contributed by atoms with Crippen molar-refractivity contribution >= 4 is 5.91 Å². The minimum atomic E-state index is -0.352. The number of benzene rings is 2. The van der Waals surface area contributed by atoms with Gasteiger partial charge in [0.25, 0.3) is 0 Å². The van der Waals surface area contributed by atoms with Crippen molar-refractivity contribution in [3.8, 4) is 0 Å². The summed E-state index contributed by atoms with van der Waals surface area (Å²) in [5.74, 6) is 0.236. The summed E-state index contributed by atoms with van der Waals surface area (Å²) in [6, 6.07) is 19.4. The third-order valence-corrected chi connectivity index (χ3v) is 3.85. The van der Waals surface area contributed by atoms with Crippen LogP contribution in [0.5, 0.6) is 0 Å². The van der Waals surface area contributed by atoms with E-state index in [2.05, 4.69) is 5.32 Å². The highest BCUT2D eigenvalue weighted by molar-refractivity contribution is 5.77. The smallest absolute Gasteiger partial charge is 0.221 e. The largest absolute Gasteiger partial charge is 0.467 e. The van der Waals surface area contributed by atoms with Crippen LogP contribution in [0.3, 0.4) is 0 Å². The molecule has 1 unspecified atom stereocenters. The normalized spacial score (nSPS) is 11.9. The number of carbonyl (C=O) groups excluding carboxylic acids is 1. The van der Waals surface area contributed by atoms with E-state index < -0.39 is 0 Å². The molecular weight excluding hydrogens is 305 g/mol. The zero-order valence-electron chi connectivity index (χ0n) is 13.1. The van der Waals surface area contributed by atoms with Crippen LogP contribution in [-0.2, 0) is 11.2 Å². The van der Waals surface area contributed by atoms with Crippen molar-refractivity contribution in [3.05, 3.63) is 95.7 Å². The molecule has 0 aliphatic rings. The summed E-state index contributed by atoms with van der Waals surface area (Å²) in [6.45, 7) is 0. The lowest BCUT2D eigenvalue weighted by Gasteiger charge is -2.17. The highest BCUT2D eigenvalue weighted by Crippen LogP contribution is 2.22. The van der Waals surface area contributed by atoms with Gasteiger partial charge in [0.1, 0.15) is 17.6 Å². The Morgan fingerprint density at radius 1 is 1.00 bits per heavy atom. The van der Waals surface area contributed by atoms with Gasteiger partial charge in [-0.3, -0.25) is 4.79 Å². The van der Waals surface area contributed by atoms with Gasteiger partial charge >= 0.3 is 0 Å². The van der Waals surface area contributed by atoms with Gasteiger partial charge in [0.05, 0.1) is 6.26 Å². The maximum absolute atomic E-state index is 13.6. The third-order valence-electron chi connectivity index (χ3n) is 3.85. The van der Waals surface area contributed by atoms with Gasteiger partial charge in [-0.15, -0.1) is 0 Å². The molecule has 1 amide bonds. The SMILES string of the molecule is O=C(CCc1ccccc1F)NC(c1ccccc1)c1ccco1. The van der Waals surface area contributed by atoms with Crippen molar-refractivity contribution in [1.82, 2.24) is 5.32 Å².